The van der Waals surface area contributed by atoms with E-state index < -0.39 is 5.97 Å². The molecule has 0 aliphatic rings. The molecule has 0 unspecified atom stereocenters. The van der Waals surface area contributed by atoms with Gasteiger partial charge in [-0.15, -0.1) is 0 Å². The molecule has 1 aromatic heterocycles. The predicted octanol–water partition coefficient (Wildman–Crippen LogP) is 3.19. The van der Waals surface area contributed by atoms with Crippen LogP contribution in [0, 0.1) is 6.92 Å². The van der Waals surface area contributed by atoms with Gasteiger partial charge in [0, 0.05) is 9.90 Å². The summed E-state index contributed by atoms with van der Waals surface area (Å²) in [5.74, 6) is -1.03. The van der Waals surface area contributed by atoms with Crippen molar-refractivity contribution in [2.45, 2.75) is 26.8 Å². The molecule has 1 aromatic carbocycles. The number of hydrogen-bond acceptors (Lipinski definition) is 3. The molecule has 0 fully saturated rings. The van der Waals surface area contributed by atoms with Crippen molar-refractivity contribution in [3.05, 3.63) is 43.3 Å². The highest BCUT2D eigenvalue weighted by Gasteiger charge is 2.17. The monoisotopic (exact) mass is 311 g/mol. The lowest BCUT2D eigenvalue weighted by Gasteiger charge is -2.09. The molecule has 0 spiro atoms. The number of carbonyl (C=O) groups is 1. The Kier molecular flexibility index (Phi) is 4.30. The van der Waals surface area contributed by atoms with E-state index in [-0.39, 0.29) is 11.4 Å². The molecule has 1 heterocycles. The van der Waals surface area contributed by atoms with Gasteiger partial charge in [-0.25, -0.2) is 0 Å². The molecule has 0 saturated heterocycles. The maximum absolute atomic E-state index is 12.0. The van der Waals surface area contributed by atoms with E-state index >= 15 is 0 Å². The second-order valence-electron chi connectivity index (χ2n) is 4.44. The predicted molar refractivity (Wildman–Crippen MR) is 80.8 cm³/mol. The van der Waals surface area contributed by atoms with E-state index in [0.29, 0.717) is 17.1 Å². The summed E-state index contributed by atoms with van der Waals surface area (Å²) in [6.07, 6.45) is 0.684. The average molecular weight is 312 g/mol. The number of aliphatic carboxylic acids is 1. The lowest BCUT2D eigenvalue weighted by atomic mass is 10.1. The molecule has 2 aromatic rings. The van der Waals surface area contributed by atoms with Crippen LogP contribution in [0.25, 0.3) is 11.3 Å². The van der Waals surface area contributed by atoms with Crippen molar-refractivity contribution < 1.29 is 9.90 Å². The zero-order valence-electron chi connectivity index (χ0n) is 11.1. The van der Waals surface area contributed by atoms with Crippen molar-refractivity contribution in [3.8, 4) is 11.3 Å². The van der Waals surface area contributed by atoms with Crippen molar-refractivity contribution in [2.24, 2.45) is 0 Å². The summed E-state index contributed by atoms with van der Waals surface area (Å²) in [6, 6.07) is 5.45. The van der Waals surface area contributed by atoms with Crippen LogP contribution in [0.15, 0.2) is 23.0 Å². The average Bonchev–Trinajstić information content (AvgIpc) is 2.69. The van der Waals surface area contributed by atoms with Crippen LogP contribution >= 0.6 is 22.9 Å². The molecule has 106 valence electrons. The van der Waals surface area contributed by atoms with Gasteiger partial charge in [0.05, 0.1) is 5.69 Å². The van der Waals surface area contributed by atoms with E-state index in [9.17, 15) is 9.59 Å². The van der Waals surface area contributed by atoms with E-state index in [2.05, 4.69) is 0 Å². The number of aromatic nitrogens is 1. The van der Waals surface area contributed by atoms with E-state index in [1.54, 1.807) is 6.07 Å². The maximum Gasteiger partial charge on any atom is 0.323 e. The zero-order chi connectivity index (χ0) is 14.9. The summed E-state index contributed by atoms with van der Waals surface area (Å²) in [6.45, 7) is 3.50. The molecule has 0 bridgehead atoms. The summed E-state index contributed by atoms with van der Waals surface area (Å²) < 4.78 is 1.31. The number of rotatable bonds is 4. The van der Waals surface area contributed by atoms with Gasteiger partial charge in [-0.3, -0.25) is 14.2 Å². The number of aryl methyl sites for hydroxylation is 2. The standard InChI is InChI=1S/C14H14ClNO3S/c1-3-11-13(9-4-5-10(15)8(2)6-9)16(7-12(17)18)14(19)20-11/h4-6H,3,7H2,1-2H3,(H,17,18). The molecule has 2 rings (SSSR count). The van der Waals surface area contributed by atoms with Crippen LogP contribution in [-0.4, -0.2) is 15.6 Å². The van der Waals surface area contributed by atoms with Gasteiger partial charge in [-0.1, -0.05) is 35.9 Å². The molecule has 0 amide bonds. The van der Waals surface area contributed by atoms with E-state index in [0.717, 1.165) is 27.3 Å². The van der Waals surface area contributed by atoms with Crippen LogP contribution in [0.3, 0.4) is 0 Å². The Balaban J connectivity index is 2.67. The molecule has 6 heteroatoms. The topological polar surface area (TPSA) is 59.3 Å². The molecular weight excluding hydrogens is 298 g/mol. The number of carboxylic acid groups (broad SMARTS) is 1. The first-order chi connectivity index (χ1) is 9.43. The van der Waals surface area contributed by atoms with Crippen molar-refractivity contribution in [3.63, 3.8) is 0 Å². The number of carboxylic acids is 1. The molecule has 0 aliphatic carbocycles. The number of halogens is 1. The summed E-state index contributed by atoms with van der Waals surface area (Å²) in [5, 5.41) is 9.61. The Morgan fingerprint density at radius 3 is 2.70 bits per heavy atom. The van der Waals surface area contributed by atoms with E-state index in [1.165, 1.54) is 4.57 Å². The molecule has 0 aliphatic heterocycles. The fourth-order valence-electron chi connectivity index (χ4n) is 2.08. The van der Waals surface area contributed by atoms with Gasteiger partial charge in [0.2, 0.25) is 0 Å². The number of benzene rings is 1. The molecule has 4 nitrogen and oxygen atoms in total. The third kappa shape index (κ3) is 2.78. The minimum absolute atomic E-state index is 0.244. The summed E-state index contributed by atoms with van der Waals surface area (Å²) in [7, 11) is 0. The van der Waals surface area contributed by atoms with Crippen molar-refractivity contribution in [2.75, 3.05) is 0 Å². The SMILES string of the molecule is CCc1sc(=O)n(CC(=O)O)c1-c1ccc(Cl)c(C)c1. The third-order valence-electron chi connectivity index (χ3n) is 3.01. The van der Waals surface area contributed by atoms with E-state index in [1.807, 2.05) is 26.0 Å². The van der Waals surface area contributed by atoms with Crippen LogP contribution < -0.4 is 4.87 Å². The summed E-state index contributed by atoms with van der Waals surface area (Å²) >= 11 is 7.11. The van der Waals surface area contributed by atoms with Crippen LogP contribution in [0.1, 0.15) is 17.4 Å². The Bertz CT molecular complexity index is 718. The highest BCUT2D eigenvalue weighted by molar-refractivity contribution is 7.09. The normalized spacial score (nSPS) is 10.8. The van der Waals surface area contributed by atoms with Gasteiger partial charge >= 0.3 is 10.8 Å². The zero-order valence-corrected chi connectivity index (χ0v) is 12.7. The number of nitrogens with zero attached hydrogens (tertiary/aromatic N) is 1. The van der Waals surface area contributed by atoms with Crippen molar-refractivity contribution in [1.82, 2.24) is 4.57 Å². The Hall–Kier alpha value is -1.59. The minimum atomic E-state index is -1.03. The highest BCUT2D eigenvalue weighted by atomic mass is 35.5. The van der Waals surface area contributed by atoms with Crippen LogP contribution in [0.4, 0.5) is 0 Å². The first-order valence-electron chi connectivity index (χ1n) is 6.14. The minimum Gasteiger partial charge on any atom is -0.480 e. The van der Waals surface area contributed by atoms with Crippen LogP contribution in [0.2, 0.25) is 5.02 Å². The lowest BCUT2D eigenvalue weighted by Crippen LogP contribution is -2.19. The lowest BCUT2D eigenvalue weighted by molar-refractivity contribution is -0.137. The van der Waals surface area contributed by atoms with Gasteiger partial charge < -0.3 is 5.11 Å². The molecule has 1 N–H and O–H groups in total. The number of hydrogen-bond donors (Lipinski definition) is 1. The smallest absolute Gasteiger partial charge is 0.323 e. The fourth-order valence-corrected chi connectivity index (χ4v) is 3.14. The Morgan fingerprint density at radius 1 is 1.45 bits per heavy atom. The summed E-state index contributed by atoms with van der Waals surface area (Å²) in [4.78, 5) is 23.6. The molecule has 0 saturated carbocycles. The largest absolute Gasteiger partial charge is 0.480 e. The highest BCUT2D eigenvalue weighted by Crippen LogP contribution is 2.29. The fraction of sp³-hybridized carbons (Fsp3) is 0.286. The van der Waals surface area contributed by atoms with Gasteiger partial charge in [-0.05, 0) is 36.6 Å². The van der Waals surface area contributed by atoms with E-state index in [4.69, 9.17) is 16.7 Å². The molecule has 0 radical (unpaired) electrons. The van der Waals surface area contributed by atoms with Crippen LogP contribution in [0.5, 0.6) is 0 Å². The first-order valence-corrected chi connectivity index (χ1v) is 7.34. The van der Waals surface area contributed by atoms with Crippen LogP contribution in [-0.2, 0) is 17.8 Å². The van der Waals surface area contributed by atoms with Gasteiger partial charge in [0.15, 0.2) is 0 Å². The van der Waals surface area contributed by atoms with Crippen molar-refractivity contribution >= 4 is 28.9 Å². The number of thiazole rings is 1. The second kappa shape index (κ2) is 5.81. The van der Waals surface area contributed by atoms with Gasteiger partial charge in [-0.2, -0.15) is 0 Å². The molecular formula is C14H14ClNO3S. The second-order valence-corrected chi connectivity index (χ2v) is 5.89. The van der Waals surface area contributed by atoms with Gasteiger partial charge in [0.25, 0.3) is 0 Å². The Morgan fingerprint density at radius 2 is 2.15 bits per heavy atom. The molecule has 20 heavy (non-hydrogen) atoms. The van der Waals surface area contributed by atoms with Gasteiger partial charge in [0.1, 0.15) is 6.54 Å². The van der Waals surface area contributed by atoms with Crippen molar-refractivity contribution in [1.29, 1.82) is 0 Å². The molecule has 0 atom stereocenters. The first kappa shape index (κ1) is 14.8. The quantitative estimate of drug-likeness (QED) is 0.943. The third-order valence-corrected chi connectivity index (χ3v) is 4.56. The Labute approximate surface area is 125 Å². The summed E-state index contributed by atoms with van der Waals surface area (Å²) in [5.41, 5.74) is 2.40. The maximum atomic E-state index is 12.0.